The summed E-state index contributed by atoms with van der Waals surface area (Å²) in [7, 11) is 0. The van der Waals surface area contributed by atoms with Gasteiger partial charge in [-0.1, -0.05) is 78.4 Å². The number of ether oxygens (including phenoxy) is 1. The van der Waals surface area contributed by atoms with Gasteiger partial charge in [0.1, 0.15) is 22.8 Å². The Balaban J connectivity index is 1.11. The predicted octanol–water partition coefficient (Wildman–Crippen LogP) is 12.1. The number of benzene rings is 5. The number of rotatable bonds is 5. The topological polar surface area (TPSA) is 69.6 Å². The second-order valence-corrected chi connectivity index (χ2v) is 14.5. The highest BCUT2D eigenvalue weighted by Crippen LogP contribution is 2.41. The molecule has 0 N–H and O–H groups in total. The molecule has 0 aliphatic rings. The number of fused-ring (bicyclic) bond motifs is 12. The van der Waals surface area contributed by atoms with E-state index >= 15 is 0 Å². The van der Waals surface area contributed by atoms with Crippen LogP contribution in [0.5, 0.6) is 11.5 Å². The van der Waals surface area contributed by atoms with Crippen molar-refractivity contribution in [1.29, 1.82) is 0 Å². The Bertz CT molecular complexity index is 3340. The first kappa shape index (κ1) is 32.1. The number of imidazole rings is 2. The van der Waals surface area contributed by atoms with Gasteiger partial charge in [-0.3, -0.25) is 18.8 Å². The number of pyridine rings is 4. The largest absolute Gasteiger partial charge is 0.457 e. The van der Waals surface area contributed by atoms with E-state index in [1.165, 1.54) is 22.3 Å². The molecule has 0 amide bonds. The smallest absolute Gasteiger partial charge is 0.146 e. The van der Waals surface area contributed by atoms with Gasteiger partial charge in [0.25, 0.3) is 0 Å². The normalized spacial score (nSPS) is 11.8. The summed E-state index contributed by atoms with van der Waals surface area (Å²) in [5, 5.41) is 3.95. The van der Waals surface area contributed by atoms with Crippen LogP contribution in [0.4, 0.5) is 0 Å². The summed E-state index contributed by atoms with van der Waals surface area (Å²) >= 11 is 0. The first-order valence-corrected chi connectivity index (χ1v) is 18.8. The summed E-state index contributed by atoms with van der Waals surface area (Å²) in [5.74, 6) is 1.40. The number of aryl methyl sites for hydroxylation is 3. The lowest BCUT2D eigenvalue weighted by atomic mass is 9.97. The summed E-state index contributed by atoms with van der Waals surface area (Å²) in [6, 6.07) is 46.0. The van der Waals surface area contributed by atoms with Crippen molar-refractivity contribution >= 4 is 54.9 Å². The van der Waals surface area contributed by atoms with Gasteiger partial charge in [-0.2, -0.15) is 0 Å². The molecule has 5 aromatic carbocycles. The molecule has 0 unspecified atom stereocenters. The molecule has 0 fully saturated rings. The van der Waals surface area contributed by atoms with Crippen LogP contribution in [0, 0.1) is 20.8 Å². The SMILES string of the molecule is Cc1cc(C)c(-c2cnc3c4cc(Oc5ccc6c(c5)c5nc(-c7ccccc7)c(-c7ccccc7)n5c5cccnc65)ccc4c4ncccc4n23)c(C)c1. The van der Waals surface area contributed by atoms with Gasteiger partial charge in [0.05, 0.1) is 45.3 Å². The van der Waals surface area contributed by atoms with Gasteiger partial charge in [-0.15, -0.1) is 0 Å². The molecule has 0 spiro atoms. The minimum atomic E-state index is 0.699. The second-order valence-electron chi connectivity index (χ2n) is 14.5. The summed E-state index contributed by atoms with van der Waals surface area (Å²) < 4.78 is 11.3. The first-order valence-electron chi connectivity index (χ1n) is 18.8. The molecule has 56 heavy (non-hydrogen) atoms. The molecule has 6 heterocycles. The zero-order chi connectivity index (χ0) is 37.5. The van der Waals surface area contributed by atoms with Crippen molar-refractivity contribution in [3.63, 3.8) is 0 Å². The standard InChI is InChI=1S/C49H34N6O/c1-29-24-30(2)43(31(3)25-29)42-28-52-48-38-26-34(18-20-36(38)45-40(54(42)48)16-10-22-50-45)56-35-19-21-37-39(27-35)49-53-44(32-12-6-4-7-13-32)47(33-14-8-5-9-15-33)55(49)41-17-11-23-51-46(37)41/h4-28H,1-3H3. The fraction of sp³-hybridized carbons (Fsp3) is 0.0612. The zero-order valence-corrected chi connectivity index (χ0v) is 31.0. The van der Waals surface area contributed by atoms with Gasteiger partial charge in [0, 0.05) is 50.6 Å². The van der Waals surface area contributed by atoms with Crippen LogP contribution in [0.15, 0.2) is 152 Å². The lowest BCUT2D eigenvalue weighted by Crippen LogP contribution is -1.98. The van der Waals surface area contributed by atoms with Gasteiger partial charge in [0.15, 0.2) is 0 Å². The van der Waals surface area contributed by atoms with E-state index < -0.39 is 0 Å². The van der Waals surface area contributed by atoms with E-state index in [1.807, 2.05) is 55.0 Å². The molecule has 11 aromatic rings. The van der Waals surface area contributed by atoms with Crippen molar-refractivity contribution in [2.24, 2.45) is 0 Å². The van der Waals surface area contributed by atoms with Crippen molar-refractivity contribution < 1.29 is 4.74 Å². The molecule has 0 atom stereocenters. The molecule has 0 saturated carbocycles. The van der Waals surface area contributed by atoms with Crippen molar-refractivity contribution in [3.8, 4) is 45.3 Å². The van der Waals surface area contributed by atoms with Crippen LogP contribution in [0.2, 0.25) is 0 Å². The summed E-state index contributed by atoms with van der Waals surface area (Å²) in [6.07, 6.45) is 5.70. The monoisotopic (exact) mass is 722 g/mol. The van der Waals surface area contributed by atoms with Gasteiger partial charge < -0.3 is 4.74 Å². The molecule has 266 valence electrons. The number of hydrogen-bond acceptors (Lipinski definition) is 5. The van der Waals surface area contributed by atoms with Crippen LogP contribution < -0.4 is 4.74 Å². The van der Waals surface area contributed by atoms with E-state index in [4.69, 9.17) is 24.7 Å². The third-order valence-electron chi connectivity index (χ3n) is 10.9. The van der Waals surface area contributed by atoms with Crippen LogP contribution >= 0.6 is 0 Å². The molecular formula is C49H34N6O. The zero-order valence-electron chi connectivity index (χ0n) is 31.0. The van der Waals surface area contributed by atoms with E-state index in [1.54, 1.807) is 0 Å². The fourth-order valence-corrected chi connectivity index (χ4v) is 8.70. The third-order valence-corrected chi connectivity index (χ3v) is 10.9. The van der Waals surface area contributed by atoms with Crippen molar-refractivity contribution in [2.75, 3.05) is 0 Å². The molecule has 0 bridgehead atoms. The quantitative estimate of drug-likeness (QED) is 0.165. The van der Waals surface area contributed by atoms with Crippen LogP contribution in [-0.2, 0) is 0 Å². The molecule has 7 nitrogen and oxygen atoms in total. The molecule has 7 heteroatoms. The van der Waals surface area contributed by atoms with Crippen LogP contribution in [0.3, 0.4) is 0 Å². The minimum Gasteiger partial charge on any atom is -0.457 e. The number of aromatic nitrogens is 6. The highest BCUT2D eigenvalue weighted by Gasteiger charge is 2.22. The Labute approximate surface area is 322 Å². The molecule has 0 radical (unpaired) electrons. The van der Waals surface area contributed by atoms with Crippen molar-refractivity contribution in [2.45, 2.75) is 20.8 Å². The Morgan fingerprint density at radius 1 is 0.500 bits per heavy atom. The molecule has 11 rings (SSSR count). The Kier molecular flexibility index (Phi) is 7.06. The van der Waals surface area contributed by atoms with Crippen LogP contribution in [0.1, 0.15) is 16.7 Å². The Morgan fingerprint density at radius 3 is 1.70 bits per heavy atom. The summed E-state index contributed by atoms with van der Waals surface area (Å²) in [4.78, 5) is 20.2. The van der Waals surface area contributed by atoms with Crippen LogP contribution in [0.25, 0.3) is 88.7 Å². The van der Waals surface area contributed by atoms with Crippen molar-refractivity contribution in [1.82, 2.24) is 28.7 Å². The molecular weight excluding hydrogens is 689 g/mol. The summed E-state index contributed by atoms with van der Waals surface area (Å²) in [6.45, 7) is 6.49. The average Bonchev–Trinajstić information content (AvgIpc) is 3.85. The van der Waals surface area contributed by atoms with E-state index in [0.717, 1.165) is 83.1 Å². The maximum atomic E-state index is 6.75. The van der Waals surface area contributed by atoms with Crippen LogP contribution in [-0.4, -0.2) is 28.7 Å². The highest BCUT2D eigenvalue weighted by atomic mass is 16.5. The lowest BCUT2D eigenvalue weighted by Gasteiger charge is -2.15. The third kappa shape index (κ3) is 4.84. The average molecular weight is 723 g/mol. The summed E-state index contributed by atoms with van der Waals surface area (Å²) in [5.41, 5.74) is 15.5. The molecule has 0 saturated heterocycles. The number of nitrogens with zero attached hydrogens (tertiary/aromatic N) is 6. The maximum Gasteiger partial charge on any atom is 0.146 e. The second kappa shape index (κ2) is 12.3. The predicted molar refractivity (Wildman–Crippen MR) is 227 cm³/mol. The molecule has 0 aliphatic carbocycles. The van der Waals surface area contributed by atoms with E-state index in [9.17, 15) is 0 Å². The lowest BCUT2D eigenvalue weighted by molar-refractivity contribution is 0.484. The van der Waals surface area contributed by atoms with E-state index in [2.05, 4.69) is 127 Å². The van der Waals surface area contributed by atoms with E-state index in [0.29, 0.717) is 11.5 Å². The maximum absolute atomic E-state index is 6.75. The van der Waals surface area contributed by atoms with E-state index in [-0.39, 0.29) is 0 Å². The first-order chi connectivity index (χ1) is 27.5. The minimum absolute atomic E-state index is 0.699. The van der Waals surface area contributed by atoms with Crippen molar-refractivity contribution in [3.05, 3.63) is 169 Å². The molecule has 0 aliphatic heterocycles. The fourth-order valence-electron chi connectivity index (χ4n) is 8.70. The molecule has 6 aromatic heterocycles. The Hall–Kier alpha value is -7.38. The van der Waals surface area contributed by atoms with Gasteiger partial charge in [-0.25, -0.2) is 9.97 Å². The van der Waals surface area contributed by atoms with Gasteiger partial charge in [0.2, 0.25) is 0 Å². The van der Waals surface area contributed by atoms with Gasteiger partial charge in [-0.05, 0) is 92.6 Å². The number of hydrogen-bond donors (Lipinski definition) is 0. The van der Waals surface area contributed by atoms with Gasteiger partial charge >= 0.3 is 0 Å². The highest BCUT2D eigenvalue weighted by molar-refractivity contribution is 6.13. The Morgan fingerprint density at radius 2 is 1.07 bits per heavy atom.